The number of hydrogen-bond acceptors (Lipinski definition) is 2. The molecule has 0 aliphatic rings. The van der Waals surface area contributed by atoms with Crippen LogP contribution in [-0.2, 0) is 4.79 Å². The smallest absolute Gasteiger partial charge is 0.217 e. The minimum absolute atomic E-state index is 0.00944. The fraction of sp³-hybridized carbons (Fsp3) is 0.625. The van der Waals surface area contributed by atoms with Gasteiger partial charge in [-0.15, -0.1) is 0 Å². The second-order valence-electron chi connectivity index (χ2n) is 2.91. The van der Waals surface area contributed by atoms with Gasteiger partial charge in [0.25, 0.3) is 0 Å². The lowest BCUT2D eigenvalue weighted by atomic mass is 10.0. The fourth-order valence-electron chi connectivity index (χ4n) is 0.854. The first-order valence-electron chi connectivity index (χ1n) is 3.60. The first-order chi connectivity index (χ1) is 4.95. The molecular formula is C8H15NO2. The number of nitrogens with one attached hydrogen (secondary N) is 1. The first-order valence-corrected chi connectivity index (χ1v) is 3.60. The first kappa shape index (κ1) is 10.0. The van der Waals surface area contributed by atoms with Crippen molar-refractivity contribution in [2.24, 2.45) is 5.92 Å². The highest BCUT2D eigenvalue weighted by Crippen LogP contribution is 2.07. The highest BCUT2D eigenvalue weighted by Gasteiger charge is 2.16. The van der Waals surface area contributed by atoms with Gasteiger partial charge in [0.15, 0.2) is 0 Å². The summed E-state index contributed by atoms with van der Waals surface area (Å²) in [5, 5.41) is 11.6. The maximum Gasteiger partial charge on any atom is 0.217 e. The van der Waals surface area contributed by atoms with E-state index in [1.807, 2.05) is 13.8 Å². The highest BCUT2D eigenvalue weighted by atomic mass is 16.3. The van der Waals surface area contributed by atoms with Gasteiger partial charge in [0.1, 0.15) is 5.76 Å². The van der Waals surface area contributed by atoms with Crippen LogP contribution in [-0.4, -0.2) is 17.1 Å². The van der Waals surface area contributed by atoms with E-state index in [1.165, 1.54) is 6.92 Å². The molecular weight excluding hydrogens is 142 g/mol. The van der Waals surface area contributed by atoms with Crippen molar-refractivity contribution in [1.82, 2.24) is 5.32 Å². The monoisotopic (exact) mass is 157 g/mol. The number of hydrogen-bond donors (Lipinski definition) is 2. The van der Waals surface area contributed by atoms with Crippen LogP contribution >= 0.6 is 0 Å². The van der Waals surface area contributed by atoms with Crippen LogP contribution in [0.1, 0.15) is 20.8 Å². The molecule has 0 spiro atoms. The highest BCUT2D eigenvalue weighted by molar-refractivity contribution is 5.73. The molecule has 0 aromatic rings. The topological polar surface area (TPSA) is 49.3 Å². The van der Waals surface area contributed by atoms with E-state index in [1.54, 1.807) is 0 Å². The Hall–Kier alpha value is -0.990. The Morgan fingerprint density at radius 2 is 2.00 bits per heavy atom. The average Bonchev–Trinajstić information content (AvgIpc) is 1.81. The zero-order valence-corrected chi connectivity index (χ0v) is 7.22. The van der Waals surface area contributed by atoms with Crippen LogP contribution in [0.3, 0.4) is 0 Å². The third kappa shape index (κ3) is 3.65. The van der Waals surface area contributed by atoms with Gasteiger partial charge < -0.3 is 10.4 Å². The zero-order valence-electron chi connectivity index (χ0n) is 7.22. The van der Waals surface area contributed by atoms with E-state index in [4.69, 9.17) is 5.11 Å². The van der Waals surface area contributed by atoms with Gasteiger partial charge in [0, 0.05) is 6.92 Å². The second-order valence-corrected chi connectivity index (χ2v) is 2.91. The molecule has 0 aromatic heterocycles. The van der Waals surface area contributed by atoms with Crippen molar-refractivity contribution in [2.45, 2.75) is 26.8 Å². The molecule has 0 saturated heterocycles. The Morgan fingerprint density at radius 3 is 2.09 bits per heavy atom. The number of rotatable bonds is 3. The third-order valence-electron chi connectivity index (χ3n) is 1.38. The number of aliphatic hydroxyl groups excluding tert-OH is 1. The molecule has 64 valence electrons. The molecule has 1 atom stereocenters. The largest absolute Gasteiger partial charge is 0.511 e. The minimum atomic E-state index is -0.326. The average molecular weight is 157 g/mol. The number of aliphatic hydroxyl groups is 1. The third-order valence-corrected chi connectivity index (χ3v) is 1.38. The van der Waals surface area contributed by atoms with Crippen molar-refractivity contribution in [3.8, 4) is 0 Å². The Balaban J connectivity index is 4.12. The molecule has 1 amide bonds. The lowest BCUT2D eigenvalue weighted by Gasteiger charge is -2.19. The SMILES string of the molecule is C=C(O)C(NC(C)=O)C(C)C. The quantitative estimate of drug-likeness (QED) is 0.605. The van der Waals surface area contributed by atoms with Crippen LogP contribution in [0.5, 0.6) is 0 Å². The molecule has 0 aliphatic heterocycles. The summed E-state index contributed by atoms with van der Waals surface area (Å²) in [6.07, 6.45) is 0. The Labute approximate surface area is 67.1 Å². The maximum atomic E-state index is 10.6. The Bertz CT molecular complexity index is 163. The van der Waals surface area contributed by atoms with Gasteiger partial charge in [0.05, 0.1) is 6.04 Å². The summed E-state index contributed by atoms with van der Waals surface area (Å²) in [6.45, 7) is 8.60. The molecule has 3 heteroatoms. The van der Waals surface area contributed by atoms with Crippen LogP contribution in [0.2, 0.25) is 0 Å². The van der Waals surface area contributed by atoms with Gasteiger partial charge in [-0.25, -0.2) is 0 Å². The summed E-state index contributed by atoms with van der Waals surface area (Å²) in [5.41, 5.74) is 0. The number of amides is 1. The van der Waals surface area contributed by atoms with Gasteiger partial charge >= 0.3 is 0 Å². The molecule has 0 heterocycles. The van der Waals surface area contributed by atoms with Crippen molar-refractivity contribution in [3.63, 3.8) is 0 Å². The Kier molecular flexibility index (Phi) is 3.65. The predicted molar refractivity (Wildman–Crippen MR) is 44.2 cm³/mol. The lowest BCUT2D eigenvalue weighted by molar-refractivity contribution is -0.119. The van der Waals surface area contributed by atoms with E-state index in [-0.39, 0.29) is 23.6 Å². The van der Waals surface area contributed by atoms with Gasteiger partial charge in [-0.05, 0) is 5.92 Å². The molecule has 0 bridgehead atoms. The molecule has 0 aromatic carbocycles. The second kappa shape index (κ2) is 4.01. The summed E-state index contributed by atoms with van der Waals surface area (Å²) < 4.78 is 0. The van der Waals surface area contributed by atoms with Crippen LogP contribution in [0, 0.1) is 5.92 Å². The normalized spacial score (nSPS) is 12.7. The standard InChI is InChI=1S/C8H15NO2/c1-5(2)8(6(3)10)9-7(4)11/h5,8,10H,3H2,1-2,4H3,(H,9,11). The summed E-state index contributed by atoms with van der Waals surface area (Å²) >= 11 is 0. The van der Waals surface area contributed by atoms with E-state index in [0.29, 0.717) is 0 Å². The molecule has 2 N–H and O–H groups in total. The van der Waals surface area contributed by atoms with Crippen molar-refractivity contribution >= 4 is 5.91 Å². The van der Waals surface area contributed by atoms with Crippen molar-refractivity contribution < 1.29 is 9.90 Å². The van der Waals surface area contributed by atoms with E-state index < -0.39 is 0 Å². The van der Waals surface area contributed by atoms with Gasteiger partial charge in [-0.1, -0.05) is 20.4 Å². The van der Waals surface area contributed by atoms with Crippen LogP contribution in [0.15, 0.2) is 12.3 Å². The van der Waals surface area contributed by atoms with Gasteiger partial charge in [-0.2, -0.15) is 0 Å². The number of carbonyl (C=O) groups excluding carboxylic acids is 1. The summed E-state index contributed by atoms with van der Waals surface area (Å²) in [4.78, 5) is 10.6. The van der Waals surface area contributed by atoms with Crippen molar-refractivity contribution in [1.29, 1.82) is 0 Å². The van der Waals surface area contributed by atoms with E-state index in [0.717, 1.165) is 0 Å². The summed E-state index contributed by atoms with van der Waals surface area (Å²) in [5.74, 6) is 0.0190. The molecule has 0 radical (unpaired) electrons. The predicted octanol–water partition coefficient (Wildman–Crippen LogP) is 1.22. The van der Waals surface area contributed by atoms with E-state index in [9.17, 15) is 4.79 Å². The fourth-order valence-corrected chi connectivity index (χ4v) is 0.854. The van der Waals surface area contributed by atoms with Gasteiger partial charge in [-0.3, -0.25) is 4.79 Å². The van der Waals surface area contributed by atoms with Crippen LogP contribution in [0.25, 0.3) is 0 Å². The molecule has 0 saturated carbocycles. The number of carbonyl (C=O) groups is 1. The maximum absolute atomic E-state index is 10.6. The molecule has 0 aliphatic carbocycles. The van der Waals surface area contributed by atoms with Gasteiger partial charge in [0.2, 0.25) is 5.91 Å². The molecule has 0 rings (SSSR count). The lowest BCUT2D eigenvalue weighted by Crippen LogP contribution is -2.38. The zero-order chi connectivity index (χ0) is 9.02. The van der Waals surface area contributed by atoms with E-state index >= 15 is 0 Å². The summed E-state index contributed by atoms with van der Waals surface area (Å²) in [7, 11) is 0. The van der Waals surface area contributed by atoms with Crippen molar-refractivity contribution in [2.75, 3.05) is 0 Å². The molecule has 3 nitrogen and oxygen atoms in total. The Morgan fingerprint density at radius 1 is 1.55 bits per heavy atom. The molecule has 1 unspecified atom stereocenters. The minimum Gasteiger partial charge on any atom is -0.511 e. The summed E-state index contributed by atoms with van der Waals surface area (Å²) in [6, 6.07) is -0.326. The van der Waals surface area contributed by atoms with Crippen LogP contribution in [0.4, 0.5) is 0 Å². The van der Waals surface area contributed by atoms with Crippen molar-refractivity contribution in [3.05, 3.63) is 12.3 Å². The van der Waals surface area contributed by atoms with Crippen LogP contribution < -0.4 is 5.32 Å². The van der Waals surface area contributed by atoms with E-state index in [2.05, 4.69) is 11.9 Å². The molecule has 0 fully saturated rings. The molecule has 11 heavy (non-hydrogen) atoms.